The Balaban J connectivity index is 1.95. The quantitative estimate of drug-likeness (QED) is 0.854. The Morgan fingerprint density at radius 3 is 2.67 bits per heavy atom. The van der Waals surface area contributed by atoms with Gasteiger partial charge in [-0.25, -0.2) is 4.98 Å². The summed E-state index contributed by atoms with van der Waals surface area (Å²) in [6, 6.07) is 0.742. The normalized spacial score (nSPS) is 26.8. The number of thiazole rings is 1. The third-order valence-electron chi connectivity index (χ3n) is 3.42. The van der Waals surface area contributed by atoms with Gasteiger partial charge >= 0.3 is 0 Å². The van der Waals surface area contributed by atoms with Gasteiger partial charge in [-0.3, -0.25) is 0 Å². The number of hydrogen-bond donors (Lipinski definition) is 1. The van der Waals surface area contributed by atoms with Gasteiger partial charge in [0.15, 0.2) is 0 Å². The fraction of sp³-hybridized carbons (Fsp3) is 0.750. The van der Waals surface area contributed by atoms with Crippen molar-refractivity contribution in [3.05, 3.63) is 16.1 Å². The molecule has 1 aromatic rings. The zero-order chi connectivity index (χ0) is 10.7. The molecule has 0 spiro atoms. The predicted octanol–water partition coefficient (Wildman–Crippen LogP) is 2.95. The Bertz CT molecular complexity index is 300. The lowest BCUT2D eigenvalue weighted by molar-refractivity contribution is 0.358. The molecule has 2 nitrogen and oxygen atoms in total. The first-order valence-electron chi connectivity index (χ1n) is 5.95. The van der Waals surface area contributed by atoms with Crippen molar-refractivity contribution in [3.63, 3.8) is 0 Å². The van der Waals surface area contributed by atoms with Crippen molar-refractivity contribution < 1.29 is 0 Å². The summed E-state index contributed by atoms with van der Waals surface area (Å²) in [4.78, 5) is 4.70. The van der Waals surface area contributed by atoms with Gasteiger partial charge in [0.2, 0.25) is 0 Å². The fourth-order valence-corrected chi connectivity index (χ4v) is 3.38. The number of aromatic nitrogens is 1. The average Bonchev–Trinajstić information content (AvgIpc) is 2.78. The summed E-state index contributed by atoms with van der Waals surface area (Å²) in [7, 11) is 2.07. The van der Waals surface area contributed by atoms with Gasteiger partial charge in [-0.2, -0.15) is 0 Å². The molecule has 15 heavy (non-hydrogen) atoms. The van der Waals surface area contributed by atoms with Gasteiger partial charge in [-0.15, -0.1) is 11.3 Å². The number of aryl methyl sites for hydroxylation is 1. The van der Waals surface area contributed by atoms with E-state index in [9.17, 15) is 0 Å². The Morgan fingerprint density at radius 1 is 1.40 bits per heavy atom. The van der Waals surface area contributed by atoms with Crippen LogP contribution in [0.1, 0.15) is 49.2 Å². The second kappa shape index (κ2) is 5.08. The molecule has 2 rings (SSSR count). The monoisotopic (exact) mass is 224 g/mol. The standard InChI is InChI=1S/C12H20N2S/c1-3-10-8-15-12(14-10)9-4-6-11(13-2)7-5-9/h8-9,11,13H,3-7H2,1-2H3. The number of nitrogens with one attached hydrogen (secondary N) is 1. The van der Waals surface area contributed by atoms with Crippen LogP contribution in [0.5, 0.6) is 0 Å². The van der Waals surface area contributed by atoms with Crippen LogP contribution in [0.15, 0.2) is 5.38 Å². The summed E-state index contributed by atoms with van der Waals surface area (Å²) in [5, 5.41) is 6.97. The summed E-state index contributed by atoms with van der Waals surface area (Å²) < 4.78 is 0. The highest BCUT2D eigenvalue weighted by Crippen LogP contribution is 2.34. The van der Waals surface area contributed by atoms with Gasteiger partial charge < -0.3 is 5.32 Å². The van der Waals surface area contributed by atoms with Crippen LogP contribution < -0.4 is 5.32 Å². The maximum absolute atomic E-state index is 4.70. The second-order valence-corrected chi connectivity index (χ2v) is 5.26. The predicted molar refractivity (Wildman–Crippen MR) is 65.5 cm³/mol. The van der Waals surface area contributed by atoms with Gasteiger partial charge in [-0.1, -0.05) is 6.92 Å². The minimum Gasteiger partial charge on any atom is -0.317 e. The Kier molecular flexibility index (Phi) is 3.76. The largest absolute Gasteiger partial charge is 0.317 e. The molecule has 0 radical (unpaired) electrons. The minimum atomic E-state index is 0.736. The van der Waals surface area contributed by atoms with E-state index in [0.717, 1.165) is 18.4 Å². The van der Waals surface area contributed by atoms with Gasteiger partial charge in [0.05, 0.1) is 10.7 Å². The first kappa shape index (κ1) is 11.1. The van der Waals surface area contributed by atoms with E-state index in [4.69, 9.17) is 4.98 Å². The molecule has 1 fully saturated rings. The van der Waals surface area contributed by atoms with Crippen molar-refractivity contribution in [3.8, 4) is 0 Å². The van der Waals surface area contributed by atoms with Crippen molar-refractivity contribution in [2.45, 2.75) is 51.0 Å². The lowest BCUT2D eigenvalue weighted by Gasteiger charge is -2.26. The smallest absolute Gasteiger partial charge is 0.0959 e. The van der Waals surface area contributed by atoms with E-state index in [0.29, 0.717) is 0 Å². The Labute approximate surface area is 96.1 Å². The van der Waals surface area contributed by atoms with E-state index >= 15 is 0 Å². The first-order chi connectivity index (χ1) is 7.33. The van der Waals surface area contributed by atoms with Crippen molar-refractivity contribution >= 4 is 11.3 Å². The molecule has 1 saturated carbocycles. The van der Waals surface area contributed by atoms with Crippen LogP contribution in [-0.4, -0.2) is 18.1 Å². The summed E-state index contributed by atoms with van der Waals surface area (Å²) >= 11 is 1.86. The molecular weight excluding hydrogens is 204 g/mol. The molecule has 1 aromatic heterocycles. The van der Waals surface area contributed by atoms with Gasteiger partial charge in [0, 0.05) is 17.3 Å². The molecule has 1 heterocycles. The molecule has 0 aromatic carbocycles. The van der Waals surface area contributed by atoms with Crippen LogP contribution in [-0.2, 0) is 6.42 Å². The van der Waals surface area contributed by atoms with E-state index in [2.05, 4.69) is 24.7 Å². The van der Waals surface area contributed by atoms with Crippen molar-refractivity contribution in [1.29, 1.82) is 0 Å². The van der Waals surface area contributed by atoms with E-state index in [1.807, 2.05) is 11.3 Å². The molecule has 0 saturated heterocycles. The van der Waals surface area contributed by atoms with Crippen LogP contribution >= 0.6 is 11.3 Å². The first-order valence-corrected chi connectivity index (χ1v) is 6.83. The molecule has 3 heteroatoms. The Morgan fingerprint density at radius 2 is 2.13 bits per heavy atom. The van der Waals surface area contributed by atoms with E-state index in [-0.39, 0.29) is 0 Å². The summed E-state index contributed by atoms with van der Waals surface area (Å²) in [6.07, 6.45) is 6.30. The number of rotatable bonds is 3. The zero-order valence-electron chi connectivity index (χ0n) is 9.62. The van der Waals surface area contributed by atoms with Gasteiger partial charge in [0.25, 0.3) is 0 Å². The van der Waals surface area contributed by atoms with Crippen LogP contribution in [0.2, 0.25) is 0 Å². The fourth-order valence-electron chi connectivity index (χ4n) is 2.30. The lowest BCUT2D eigenvalue weighted by atomic mass is 9.86. The number of hydrogen-bond acceptors (Lipinski definition) is 3. The zero-order valence-corrected chi connectivity index (χ0v) is 10.4. The topological polar surface area (TPSA) is 24.9 Å². The molecule has 84 valence electrons. The van der Waals surface area contributed by atoms with Crippen LogP contribution in [0.25, 0.3) is 0 Å². The van der Waals surface area contributed by atoms with Gasteiger partial charge in [0.1, 0.15) is 0 Å². The van der Waals surface area contributed by atoms with Crippen LogP contribution in [0.4, 0.5) is 0 Å². The molecule has 0 aliphatic heterocycles. The van der Waals surface area contributed by atoms with Crippen molar-refractivity contribution in [2.75, 3.05) is 7.05 Å². The van der Waals surface area contributed by atoms with Crippen LogP contribution in [0.3, 0.4) is 0 Å². The Hall–Kier alpha value is -0.410. The van der Waals surface area contributed by atoms with Gasteiger partial charge in [-0.05, 0) is 39.2 Å². The average molecular weight is 224 g/mol. The highest BCUT2D eigenvalue weighted by molar-refractivity contribution is 7.09. The SMILES string of the molecule is CCc1csc(C2CCC(NC)CC2)n1. The third-order valence-corrected chi connectivity index (χ3v) is 4.47. The van der Waals surface area contributed by atoms with E-state index < -0.39 is 0 Å². The highest BCUT2D eigenvalue weighted by Gasteiger charge is 2.23. The third kappa shape index (κ3) is 2.58. The highest BCUT2D eigenvalue weighted by atomic mass is 32.1. The summed E-state index contributed by atoms with van der Waals surface area (Å²) in [5.74, 6) is 0.736. The molecule has 1 aliphatic rings. The molecule has 0 bridgehead atoms. The molecule has 0 amide bonds. The maximum atomic E-state index is 4.70. The molecule has 0 unspecified atom stereocenters. The molecule has 1 N–H and O–H groups in total. The van der Waals surface area contributed by atoms with E-state index in [1.165, 1.54) is 36.4 Å². The minimum absolute atomic E-state index is 0.736. The summed E-state index contributed by atoms with van der Waals surface area (Å²) in [6.45, 7) is 2.18. The molecular formula is C12H20N2S. The summed E-state index contributed by atoms with van der Waals surface area (Å²) in [5.41, 5.74) is 1.27. The molecule has 1 aliphatic carbocycles. The van der Waals surface area contributed by atoms with Crippen molar-refractivity contribution in [1.82, 2.24) is 10.3 Å². The maximum Gasteiger partial charge on any atom is 0.0959 e. The number of nitrogens with zero attached hydrogens (tertiary/aromatic N) is 1. The molecule has 0 atom stereocenters. The van der Waals surface area contributed by atoms with Crippen LogP contribution in [0, 0.1) is 0 Å². The van der Waals surface area contributed by atoms with E-state index in [1.54, 1.807) is 0 Å². The second-order valence-electron chi connectivity index (χ2n) is 4.37. The lowest BCUT2D eigenvalue weighted by Crippen LogP contribution is -2.29. The van der Waals surface area contributed by atoms with Crippen molar-refractivity contribution in [2.24, 2.45) is 0 Å².